The van der Waals surface area contributed by atoms with Gasteiger partial charge in [0.15, 0.2) is 0 Å². The van der Waals surface area contributed by atoms with Gasteiger partial charge in [0.25, 0.3) is 0 Å². The Labute approximate surface area is 52.7 Å². The second-order valence-electron chi connectivity index (χ2n) is 1.44. The van der Waals surface area contributed by atoms with Gasteiger partial charge in [-0.3, -0.25) is 9.78 Å². The van der Waals surface area contributed by atoms with Crippen molar-refractivity contribution in [3.63, 3.8) is 0 Å². The molecule has 9 heavy (non-hydrogen) atoms. The molecule has 0 unspecified atom stereocenters. The molecule has 0 saturated heterocycles. The van der Waals surface area contributed by atoms with Crippen LogP contribution in [-0.4, -0.2) is 11.4 Å². The number of nitrogens with one attached hydrogen (secondary N) is 1. The second kappa shape index (κ2) is 2.81. The quantitative estimate of drug-likeness (QED) is 0.577. The van der Waals surface area contributed by atoms with Gasteiger partial charge in [-0.25, -0.2) is 0 Å². The van der Waals surface area contributed by atoms with E-state index in [0.717, 1.165) is 0 Å². The molecule has 1 aromatic heterocycles. The summed E-state index contributed by atoms with van der Waals surface area (Å²) >= 11 is 0. The van der Waals surface area contributed by atoms with Crippen LogP contribution in [0.25, 0.3) is 0 Å². The van der Waals surface area contributed by atoms with Crippen LogP contribution < -0.4 is 5.32 Å². The molecule has 3 nitrogen and oxygen atoms in total. The van der Waals surface area contributed by atoms with Gasteiger partial charge in [0.2, 0.25) is 6.41 Å². The Kier molecular flexibility index (Phi) is 1.80. The molecule has 1 aromatic rings. The number of rotatable bonds is 2. The number of pyridine rings is 1. The second-order valence-corrected chi connectivity index (χ2v) is 1.44. The molecule has 0 bridgehead atoms. The smallest absolute Gasteiger partial charge is 0.211 e. The summed E-state index contributed by atoms with van der Waals surface area (Å²) < 4.78 is 0. The Morgan fingerprint density at radius 3 is 3.22 bits per heavy atom. The zero-order chi connectivity index (χ0) is 6.53. The molecule has 0 saturated carbocycles. The van der Waals surface area contributed by atoms with E-state index in [4.69, 9.17) is 0 Å². The maximum Gasteiger partial charge on any atom is 0.211 e. The van der Waals surface area contributed by atoms with Gasteiger partial charge in [-0.1, -0.05) is 0 Å². The van der Waals surface area contributed by atoms with Crippen molar-refractivity contribution >= 4 is 12.1 Å². The van der Waals surface area contributed by atoms with Crippen molar-refractivity contribution in [1.82, 2.24) is 4.98 Å². The van der Waals surface area contributed by atoms with Crippen molar-refractivity contribution in [3.05, 3.63) is 24.5 Å². The first-order valence-corrected chi connectivity index (χ1v) is 2.46. The number of hydrogen-bond donors (Lipinski definition) is 1. The molecule has 45 valence electrons. The summed E-state index contributed by atoms with van der Waals surface area (Å²) in [6.45, 7) is 0. The minimum absolute atomic E-state index is 0.608. The van der Waals surface area contributed by atoms with E-state index in [1.807, 2.05) is 0 Å². The van der Waals surface area contributed by atoms with Crippen LogP contribution in [0, 0.1) is 6.20 Å². The lowest BCUT2D eigenvalue weighted by Crippen LogP contribution is -1.92. The minimum Gasteiger partial charge on any atom is -0.327 e. The van der Waals surface area contributed by atoms with E-state index < -0.39 is 0 Å². The molecule has 0 atom stereocenters. The summed E-state index contributed by atoms with van der Waals surface area (Å²) in [4.78, 5) is 13.5. The highest BCUT2D eigenvalue weighted by Crippen LogP contribution is 1.98. The zero-order valence-electron chi connectivity index (χ0n) is 4.66. The van der Waals surface area contributed by atoms with E-state index in [2.05, 4.69) is 16.5 Å². The molecule has 0 fully saturated rings. The van der Waals surface area contributed by atoms with Crippen molar-refractivity contribution in [2.24, 2.45) is 0 Å². The molecule has 1 amide bonds. The van der Waals surface area contributed by atoms with Crippen molar-refractivity contribution < 1.29 is 4.79 Å². The molecule has 3 heteroatoms. The van der Waals surface area contributed by atoms with Gasteiger partial charge in [0.05, 0.1) is 18.1 Å². The third-order valence-corrected chi connectivity index (χ3v) is 0.841. The van der Waals surface area contributed by atoms with E-state index in [1.54, 1.807) is 12.1 Å². The zero-order valence-corrected chi connectivity index (χ0v) is 4.66. The summed E-state index contributed by atoms with van der Waals surface area (Å²) in [5, 5.41) is 2.44. The lowest BCUT2D eigenvalue weighted by molar-refractivity contribution is -0.105. The molecule has 1 N–H and O–H groups in total. The fourth-order valence-electron chi connectivity index (χ4n) is 0.473. The van der Waals surface area contributed by atoms with Gasteiger partial charge in [-0.15, -0.1) is 0 Å². The van der Waals surface area contributed by atoms with E-state index in [9.17, 15) is 4.79 Å². The van der Waals surface area contributed by atoms with E-state index in [1.165, 1.54) is 6.20 Å². The summed E-state index contributed by atoms with van der Waals surface area (Å²) in [5.41, 5.74) is 0.684. The summed E-state index contributed by atoms with van der Waals surface area (Å²) in [6, 6.07) is 3.34. The Morgan fingerprint density at radius 1 is 1.78 bits per heavy atom. The molecule has 1 radical (unpaired) electrons. The molecule has 0 aliphatic carbocycles. The number of nitrogens with zero attached hydrogens (tertiary/aromatic N) is 1. The van der Waals surface area contributed by atoms with Crippen molar-refractivity contribution in [1.29, 1.82) is 0 Å². The molecule has 0 spiro atoms. The monoisotopic (exact) mass is 121 g/mol. The summed E-state index contributed by atoms with van der Waals surface area (Å²) in [5.74, 6) is 0. The van der Waals surface area contributed by atoms with Crippen LogP contribution in [0.5, 0.6) is 0 Å². The maximum absolute atomic E-state index is 9.83. The third-order valence-electron chi connectivity index (χ3n) is 0.841. The number of aromatic nitrogens is 1. The van der Waals surface area contributed by atoms with Gasteiger partial charge >= 0.3 is 0 Å². The topological polar surface area (TPSA) is 42.0 Å². The summed E-state index contributed by atoms with van der Waals surface area (Å²) in [7, 11) is 0. The fraction of sp³-hybridized carbons (Fsp3) is 0. The number of anilines is 1. The molecule has 0 aromatic carbocycles. The Balaban J connectivity index is 2.72. The van der Waals surface area contributed by atoms with Crippen LogP contribution in [0.15, 0.2) is 18.3 Å². The Bertz CT molecular complexity index is 186. The van der Waals surface area contributed by atoms with E-state index in [0.29, 0.717) is 12.1 Å². The predicted molar refractivity (Wildman–Crippen MR) is 32.8 cm³/mol. The molecule has 1 heterocycles. The van der Waals surface area contributed by atoms with Crippen LogP contribution in [0.3, 0.4) is 0 Å². The Hall–Kier alpha value is -1.38. The highest BCUT2D eigenvalue weighted by molar-refractivity contribution is 5.70. The predicted octanol–water partition coefficient (Wildman–Crippen LogP) is 0.450. The van der Waals surface area contributed by atoms with Gasteiger partial charge in [-0.2, -0.15) is 0 Å². The highest BCUT2D eigenvalue weighted by atomic mass is 16.1. The number of amides is 1. The number of carbonyl (C=O) groups is 1. The van der Waals surface area contributed by atoms with Crippen LogP contribution >= 0.6 is 0 Å². The molecule has 1 rings (SSSR count). The van der Waals surface area contributed by atoms with Crippen LogP contribution in [-0.2, 0) is 4.79 Å². The van der Waals surface area contributed by atoms with E-state index >= 15 is 0 Å². The average Bonchev–Trinajstić information content (AvgIpc) is 1.91. The largest absolute Gasteiger partial charge is 0.327 e. The van der Waals surface area contributed by atoms with Crippen LogP contribution in [0.4, 0.5) is 5.69 Å². The normalized spacial score (nSPS) is 8.44. The standard InChI is InChI=1S/C6H5N2O/c9-5-8-6-2-1-3-7-4-6/h1-2,4-5H,(H,8,9). The fourth-order valence-corrected chi connectivity index (χ4v) is 0.473. The summed E-state index contributed by atoms with van der Waals surface area (Å²) in [6.07, 6.45) is 4.72. The first kappa shape index (κ1) is 5.75. The van der Waals surface area contributed by atoms with Gasteiger partial charge < -0.3 is 5.32 Å². The van der Waals surface area contributed by atoms with Gasteiger partial charge in [-0.05, 0) is 12.1 Å². The van der Waals surface area contributed by atoms with Crippen molar-refractivity contribution in [2.45, 2.75) is 0 Å². The minimum atomic E-state index is 0.608. The molecular formula is C6H5N2O. The number of carbonyl (C=O) groups excluding carboxylic acids is 1. The molecule has 0 aliphatic rings. The van der Waals surface area contributed by atoms with Crippen molar-refractivity contribution in [2.75, 3.05) is 5.32 Å². The Morgan fingerprint density at radius 2 is 2.67 bits per heavy atom. The number of hydrogen-bond acceptors (Lipinski definition) is 2. The third kappa shape index (κ3) is 1.53. The van der Waals surface area contributed by atoms with Crippen LogP contribution in [0.1, 0.15) is 0 Å². The van der Waals surface area contributed by atoms with Gasteiger partial charge in [0, 0.05) is 0 Å². The lowest BCUT2D eigenvalue weighted by atomic mass is 10.4. The first-order chi connectivity index (χ1) is 4.43. The van der Waals surface area contributed by atoms with E-state index in [-0.39, 0.29) is 0 Å². The highest BCUT2D eigenvalue weighted by Gasteiger charge is 1.83. The van der Waals surface area contributed by atoms with Crippen LogP contribution in [0.2, 0.25) is 0 Å². The first-order valence-electron chi connectivity index (χ1n) is 2.46. The molecular weight excluding hydrogens is 116 g/mol. The lowest BCUT2D eigenvalue weighted by Gasteiger charge is -1.91. The SMILES string of the molecule is O=CNc1cc[c]nc1. The average molecular weight is 121 g/mol. The van der Waals surface area contributed by atoms with Gasteiger partial charge in [0.1, 0.15) is 0 Å². The maximum atomic E-state index is 9.83. The molecule has 0 aliphatic heterocycles. The van der Waals surface area contributed by atoms with Crippen molar-refractivity contribution in [3.8, 4) is 0 Å².